The highest BCUT2D eigenvalue weighted by Gasteiger charge is 2.11. The van der Waals surface area contributed by atoms with Crippen LogP contribution in [-0.4, -0.2) is 20.9 Å². The standard InChI is InChI=1S/C20H14ClN5O/c21-14-6-8-15(9-7-14)24-20-23-12-10-17(26-20)19(27)25-16-5-1-3-13-4-2-11-22-18(13)16/h1-12H,(H,25,27)(H,23,24,26). The minimum absolute atomic E-state index is 0.245. The van der Waals surface area contributed by atoms with Gasteiger partial charge in [0.1, 0.15) is 5.69 Å². The van der Waals surface area contributed by atoms with Gasteiger partial charge in [0, 0.05) is 28.5 Å². The molecule has 0 unspecified atom stereocenters. The van der Waals surface area contributed by atoms with Gasteiger partial charge in [-0.1, -0.05) is 29.8 Å². The van der Waals surface area contributed by atoms with Crippen LogP contribution in [0.1, 0.15) is 10.5 Å². The Hall–Kier alpha value is -3.51. The molecule has 27 heavy (non-hydrogen) atoms. The second-order valence-corrected chi connectivity index (χ2v) is 6.17. The number of nitrogens with one attached hydrogen (secondary N) is 2. The number of fused-ring (bicyclic) bond motifs is 1. The second-order valence-electron chi connectivity index (χ2n) is 5.73. The van der Waals surface area contributed by atoms with Gasteiger partial charge in [-0.25, -0.2) is 9.97 Å². The first-order chi connectivity index (χ1) is 13.2. The number of halogens is 1. The van der Waals surface area contributed by atoms with Crippen molar-refractivity contribution in [1.29, 1.82) is 0 Å². The molecular weight excluding hydrogens is 362 g/mol. The lowest BCUT2D eigenvalue weighted by Crippen LogP contribution is -2.15. The Morgan fingerprint density at radius 3 is 2.56 bits per heavy atom. The van der Waals surface area contributed by atoms with Gasteiger partial charge < -0.3 is 10.6 Å². The molecule has 0 aliphatic carbocycles. The largest absolute Gasteiger partial charge is 0.324 e. The third-order valence-corrected chi connectivity index (χ3v) is 4.12. The molecule has 1 amide bonds. The Labute approximate surface area is 160 Å². The number of rotatable bonds is 4. The first-order valence-corrected chi connectivity index (χ1v) is 8.57. The number of hydrogen-bond donors (Lipinski definition) is 2. The maximum absolute atomic E-state index is 12.6. The first-order valence-electron chi connectivity index (χ1n) is 8.20. The summed E-state index contributed by atoms with van der Waals surface area (Å²) in [5, 5.41) is 7.49. The molecule has 2 aromatic carbocycles. The molecule has 132 valence electrons. The number of nitrogens with zero attached hydrogens (tertiary/aromatic N) is 3. The number of anilines is 3. The molecule has 6 nitrogen and oxygen atoms in total. The monoisotopic (exact) mass is 375 g/mol. The molecule has 0 fully saturated rings. The summed E-state index contributed by atoms with van der Waals surface area (Å²) in [6.45, 7) is 0. The Morgan fingerprint density at radius 1 is 0.889 bits per heavy atom. The molecule has 2 aromatic heterocycles. The summed E-state index contributed by atoms with van der Waals surface area (Å²) in [6, 6.07) is 18.1. The lowest BCUT2D eigenvalue weighted by Gasteiger charge is -2.09. The van der Waals surface area contributed by atoms with Crippen LogP contribution < -0.4 is 10.6 Å². The van der Waals surface area contributed by atoms with Gasteiger partial charge in [0.05, 0.1) is 11.2 Å². The molecule has 2 heterocycles. The zero-order valence-corrected chi connectivity index (χ0v) is 14.8. The van der Waals surface area contributed by atoms with Crippen LogP contribution >= 0.6 is 11.6 Å². The van der Waals surface area contributed by atoms with Gasteiger partial charge >= 0.3 is 0 Å². The summed E-state index contributed by atoms with van der Waals surface area (Å²) >= 11 is 5.88. The minimum Gasteiger partial charge on any atom is -0.324 e. The summed E-state index contributed by atoms with van der Waals surface area (Å²) in [4.78, 5) is 25.4. The summed E-state index contributed by atoms with van der Waals surface area (Å²) in [6.07, 6.45) is 3.22. The van der Waals surface area contributed by atoms with E-state index in [0.29, 0.717) is 16.7 Å². The van der Waals surface area contributed by atoms with Crippen molar-refractivity contribution in [3.63, 3.8) is 0 Å². The molecule has 7 heteroatoms. The van der Waals surface area contributed by atoms with Crippen molar-refractivity contribution in [2.24, 2.45) is 0 Å². The van der Waals surface area contributed by atoms with E-state index in [0.717, 1.165) is 16.6 Å². The molecule has 2 N–H and O–H groups in total. The Kier molecular flexibility index (Phi) is 4.63. The van der Waals surface area contributed by atoms with Gasteiger partial charge in [0.25, 0.3) is 5.91 Å². The van der Waals surface area contributed by atoms with Crippen molar-refractivity contribution in [3.05, 3.63) is 83.8 Å². The predicted octanol–water partition coefficient (Wildman–Crippen LogP) is 4.67. The van der Waals surface area contributed by atoms with E-state index in [1.165, 1.54) is 6.20 Å². The van der Waals surface area contributed by atoms with Crippen molar-refractivity contribution < 1.29 is 4.79 Å². The van der Waals surface area contributed by atoms with Crippen molar-refractivity contribution in [2.45, 2.75) is 0 Å². The van der Waals surface area contributed by atoms with Crippen LogP contribution in [0.3, 0.4) is 0 Å². The number of para-hydroxylation sites is 1. The number of pyridine rings is 1. The molecule has 0 saturated heterocycles. The molecule has 0 radical (unpaired) electrons. The van der Waals surface area contributed by atoms with Crippen LogP contribution in [0.25, 0.3) is 10.9 Å². The fourth-order valence-corrected chi connectivity index (χ4v) is 2.73. The third kappa shape index (κ3) is 3.86. The Morgan fingerprint density at radius 2 is 1.70 bits per heavy atom. The van der Waals surface area contributed by atoms with Crippen LogP contribution in [-0.2, 0) is 0 Å². The van der Waals surface area contributed by atoms with Gasteiger partial charge in [-0.15, -0.1) is 0 Å². The van der Waals surface area contributed by atoms with Crippen LogP contribution in [0.5, 0.6) is 0 Å². The summed E-state index contributed by atoms with van der Waals surface area (Å²) < 4.78 is 0. The molecule has 0 atom stereocenters. The van der Waals surface area contributed by atoms with Gasteiger partial charge in [0.15, 0.2) is 0 Å². The van der Waals surface area contributed by atoms with Gasteiger partial charge in [-0.3, -0.25) is 9.78 Å². The van der Waals surface area contributed by atoms with Crippen LogP contribution in [0.2, 0.25) is 5.02 Å². The molecule has 4 rings (SSSR count). The van der Waals surface area contributed by atoms with Crippen LogP contribution in [0.4, 0.5) is 17.3 Å². The van der Waals surface area contributed by atoms with Crippen molar-refractivity contribution in [1.82, 2.24) is 15.0 Å². The van der Waals surface area contributed by atoms with E-state index >= 15 is 0 Å². The average Bonchev–Trinajstić information content (AvgIpc) is 2.70. The fourth-order valence-electron chi connectivity index (χ4n) is 2.60. The molecular formula is C20H14ClN5O. The second kappa shape index (κ2) is 7.39. The van der Waals surface area contributed by atoms with Crippen LogP contribution in [0, 0.1) is 0 Å². The summed E-state index contributed by atoms with van der Waals surface area (Å²) in [5.74, 6) is -0.0178. The highest BCUT2D eigenvalue weighted by atomic mass is 35.5. The molecule has 0 saturated carbocycles. The van der Waals surface area contributed by atoms with E-state index in [1.54, 1.807) is 42.6 Å². The summed E-state index contributed by atoms with van der Waals surface area (Å²) in [5.41, 5.74) is 2.37. The van der Waals surface area contributed by atoms with E-state index in [2.05, 4.69) is 25.6 Å². The lowest BCUT2D eigenvalue weighted by molar-refractivity contribution is 0.102. The van der Waals surface area contributed by atoms with E-state index < -0.39 is 0 Å². The molecule has 0 aliphatic heterocycles. The number of carbonyl (C=O) groups is 1. The molecule has 0 aliphatic rings. The number of benzene rings is 2. The normalized spacial score (nSPS) is 10.6. The number of amides is 1. The van der Waals surface area contributed by atoms with E-state index in [4.69, 9.17) is 11.6 Å². The molecule has 4 aromatic rings. The third-order valence-electron chi connectivity index (χ3n) is 3.87. The topological polar surface area (TPSA) is 79.8 Å². The van der Waals surface area contributed by atoms with E-state index in [-0.39, 0.29) is 11.6 Å². The number of aromatic nitrogens is 3. The SMILES string of the molecule is O=C(Nc1cccc2cccnc12)c1ccnc(Nc2ccc(Cl)cc2)n1. The summed E-state index contributed by atoms with van der Waals surface area (Å²) in [7, 11) is 0. The average molecular weight is 376 g/mol. The predicted molar refractivity (Wildman–Crippen MR) is 106 cm³/mol. The molecule has 0 bridgehead atoms. The van der Waals surface area contributed by atoms with E-state index in [1.807, 2.05) is 24.3 Å². The quantitative estimate of drug-likeness (QED) is 0.541. The van der Waals surface area contributed by atoms with Crippen molar-refractivity contribution >= 4 is 45.7 Å². The first kappa shape index (κ1) is 16.9. The van der Waals surface area contributed by atoms with Gasteiger partial charge in [-0.2, -0.15) is 0 Å². The maximum atomic E-state index is 12.6. The minimum atomic E-state index is -0.338. The smallest absolute Gasteiger partial charge is 0.274 e. The highest BCUT2D eigenvalue weighted by Crippen LogP contribution is 2.21. The zero-order valence-electron chi connectivity index (χ0n) is 14.1. The fraction of sp³-hybridized carbons (Fsp3) is 0. The van der Waals surface area contributed by atoms with Crippen LogP contribution in [0.15, 0.2) is 73.1 Å². The van der Waals surface area contributed by atoms with Gasteiger partial charge in [-0.05, 0) is 42.5 Å². The van der Waals surface area contributed by atoms with Crippen molar-refractivity contribution in [2.75, 3.05) is 10.6 Å². The number of carbonyl (C=O) groups excluding carboxylic acids is 1. The molecule has 0 spiro atoms. The lowest BCUT2D eigenvalue weighted by atomic mass is 10.2. The number of hydrogen-bond acceptors (Lipinski definition) is 5. The van der Waals surface area contributed by atoms with E-state index in [9.17, 15) is 4.79 Å². The Balaban J connectivity index is 1.56. The zero-order chi connectivity index (χ0) is 18.6. The highest BCUT2D eigenvalue weighted by molar-refractivity contribution is 6.30. The maximum Gasteiger partial charge on any atom is 0.274 e. The van der Waals surface area contributed by atoms with Crippen molar-refractivity contribution in [3.8, 4) is 0 Å². The van der Waals surface area contributed by atoms with Gasteiger partial charge in [0.2, 0.25) is 5.95 Å². The Bertz CT molecular complexity index is 1110.